The molecule has 0 aliphatic heterocycles. The Morgan fingerprint density at radius 2 is 2.17 bits per heavy atom. The summed E-state index contributed by atoms with van der Waals surface area (Å²) in [5, 5.41) is 7.86. The summed E-state index contributed by atoms with van der Waals surface area (Å²) in [6.45, 7) is 3.57. The van der Waals surface area contributed by atoms with Crippen LogP contribution in [0.4, 0.5) is 4.39 Å². The van der Waals surface area contributed by atoms with E-state index in [4.69, 9.17) is 16.7 Å². The van der Waals surface area contributed by atoms with E-state index in [1.807, 2.05) is 0 Å². The maximum Gasteiger partial charge on any atom is 0.307 e. The van der Waals surface area contributed by atoms with Crippen molar-refractivity contribution in [3.8, 4) is 0 Å². The van der Waals surface area contributed by atoms with Gasteiger partial charge in [-0.3, -0.25) is 4.79 Å². The molecule has 2 atom stereocenters. The van der Waals surface area contributed by atoms with Crippen LogP contribution in [0.2, 0.25) is 0 Å². The van der Waals surface area contributed by atoms with Gasteiger partial charge in [0.1, 0.15) is 0 Å². The molecular weight excluding hydrogens is 183 g/mol. The van der Waals surface area contributed by atoms with Gasteiger partial charge in [0.15, 0.2) is 5.29 Å². The number of carboxylic acid groups (broad SMARTS) is 1. The zero-order valence-electron chi connectivity index (χ0n) is 6.84. The van der Waals surface area contributed by atoms with E-state index in [0.29, 0.717) is 0 Å². The van der Waals surface area contributed by atoms with Gasteiger partial charge < -0.3 is 5.11 Å². The summed E-state index contributed by atoms with van der Waals surface area (Å²) >= 11 is 5.01. The molecular formula is C8H10ClFO2. The highest BCUT2D eigenvalue weighted by molar-refractivity contribution is 6.28. The van der Waals surface area contributed by atoms with E-state index in [1.165, 1.54) is 6.08 Å². The molecule has 0 aromatic rings. The molecule has 68 valence electrons. The molecule has 0 spiro atoms. The van der Waals surface area contributed by atoms with Gasteiger partial charge in [0.05, 0.1) is 5.92 Å². The summed E-state index contributed by atoms with van der Waals surface area (Å²) in [7, 11) is 0. The van der Waals surface area contributed by atoms with E-state index >= 15 is 0 Å². The molecule has 0 aromatic heterocycles. The third-order valence-corrected chi connectivity index (χ3v) is 2.61. The Kier molecular flexibility index (Phi) is 2.17. The molecule has 0 aromatic carbocycles. The normalized spacial score (nSPS) is 33.2. The maximum absolute atomic E-state index is 12.2. The van der Waals surface area contributed by atoms with Gasteiger partial charge >= 0.3 is 5.97 Å². The van der Waals surface area contributed by atoms with Crippen molar-refractivity contribution in [1.82, 2.24) is 0 Å². The van der Waals surface area contributed by atoms with Gasteiger partial charge in [-0.2, -0.15) is 4.39 Å². The molecule has 0 amide bonds. The predicted molar refractivity (Wildman–Crippen MR) is 43.4 cm³/mol. The molecule has 0 bridgehead atoms. The molecule has 1 saturated carbocycles. The molecule has 0 saturated heterocycles. The summed E-state index contributed by atoms with van der Waals surface area (Å²) < 4.78 is 12.2. The molecule has 4 heteroatoms. The molecule has 0 unspecified atom stereocenters. The first kappa shape index (κ1) is 9.52. The molecule has 12 heavy (non-hydrogen) atoms. The number of carboxylic acids is 1. The molecule has 0 radical (unpaired) electrons. The number of halogens is 2. The zero-order valence-corrected chi connectivity index (χ0v) is 7.60. The van der Waals surface area contributed by atoms with Crippen LogP contribution in [0.3, 0.4) is 0 Å². The molecule has 1 aliphatic carbocycles. The molecule has 1 aliphatic rings. The highest BCUT2D eigenvalue weighted by Crippen LogP contribution is 2.59. The fraction of sp³-hybridized carbons (Fsp3) is 0.625. The minimum Gasteiger partial charge on any atom is -0.481 e. The molecule has 1 fully saturated rings. The first-order valence-electron chi connectivity index (χ1n) is 3.63. The number of allylic oxidation sites excluding steroid dienone is 1. The van der Waals surface area contributed by atoms with Crippen molar-refractivity contribution in [3.63, 3.8) is 0 Å². The zero-order chi connectivity index (χ0) is 9.52. The third-order valence-electron chi connectivity index (χ3n) is 2.48. The first-order chi connectivity index (χ1) is 5.37. The Morgan fingerprint density at radius 1 is 1.67 bits per heavy atom. The summed E-state index contributed by atoms with van der Waals surface area (Å²) in [5.41, 5.74) is -0.363. The Balaban J connectivity index is 2.73. The van der Waals surface area contributed by atoms with Gasteiger partial charge in [0, 0.05) is 5.92 Å². The largest absolute Gasteiger partial charge is 0.481 e. The Bertz CT molecular complexity index is 243. The number of carbonyl (C=O) groups is 1. The second kappa shape index (κ2) is 2.73. The Labute approximate surface area is 75.0 Å². The minimum absolute atomic E-state index is 0.271. The summed E-state index contributed by atoms with van der Waals surface area (Å²) in [6.07, 6.45) is 1.17. The maximum atomic E-state index is 12.2. The van der Waals surface area contributed by atoms with Gasteiger partial charge in [-0.1, -0.05) is 25.4 Å². The van der Waals surface area contributed by atoms with Crippen LogP contribution in [0.25, 0.3) is 0 Å². The van der Waals surface area contributed by atoms with Crippen LogP contribution in [0.5, 0.6) is 0 Å². The lowest BCUT2D eigenvalue weighted by molar-refractivity contribution is -0.139. The van der Waals surface area contributed by atoms with Gasteiger partial charge in [-0.05, 0) is 11.5 Å². The third kappa shape index (κ3) is 1.46. The van der Waals surface area contributed by atoms with Crippen LogP contribution in [0.1, 0.15) is 13.8 Å². The lowest BCUT2D eigenvalue weighted by atomic mass is 10.1. The van der Waals surface area contributed by atoms with E-state index in [9.17, 15) is 9.18 Å². The quantitative estimate of drug-likeness (QED) is 0.730. The van der Waals surface area contributed by atoms with Crippen molar-refractivity contribution in [2.75, 3.05) is 0 Å². The van der Waals surface area contributed by atoms with Crippen LogP contribution < -0.4 is 0 Å². The lowest BCUT2D eigenvalue weighted by Crippen LogP contribution is -2.02. The van der Waals surface area contributed by atoms with E-state index < -0.39 is 17.2 Å². The van der Waals surface area contributed by atoms with Gasteiger partial charge in [-0.25, -0.2) is 0 Å². The van der Waals surface area contributed by atoms with Gasteiger partial charge in [0.25, 0.3) is 0 Å². The predicted octanol–water partition coefficient (Wildman–Crippen LogP) is 2.39. The summed E-state index contributed by atoms with van der Waals surface area (Å²) in [4.78, 5) is 10.6. The Hall–Kier alpha value is -0.570. The molecule has 1 rings (SSSR count). The standard InChI is InChI=1S/C8H10ClFO2/c1-8(2)4(3-5(9)10)6(8)7(11)12/h3-4,6H,1-2H3,(H,11,12)/t4-,6-/m1/s1. The minimum atomic E-state index is -0.890. The van der Waals surface area contributed by atoms with Crippen molar-refractivity contribution in [3.05, 3.63) is 11.4 Å². The topological polar surface area (TPSA) is 37.3 Å². The second-order valence-corrected chi connectivity index (χ2v) is 3.98. The highest BCUT2D eigenvalue weighted by Gasteiger charge is 2.61. The van der Waals surface area contributed by atoms with Crippen LogP contribution in [-0.2, 0) is 4.79 Å². The van der Waals surface area contributed by atoms with Crippen LogP contribution in [0.15, 0.2) is 11.4 Å². The van der Waals surface area contributed by atoms with E-state index in [0.717, 1.165) is 0 Å². The SMILES string of the molecule is CC1(C)[C@H](C=C(F)Cl)[C@@H]1C(=O)O. The van der Waals surface area contributed by atoms with Crippen molar-refractivity contribution >= 4 is 17.6 Å². The smallest absolute Gasteiger partial charge is 0.307 e. The van der Waals surface area contributed by atoms with Crippen molar-refractivity contribution in [1.29, 1.82) is 0 Å². The number of hydrogen-bond donors (Lipinski definition) is 1. The van der Waals surface area contributed by atoms with Crippen LogP contribution >= 0.6 is 11.6 Å². The molecule has 2 nitrogen and oxygen atoms in total. The van der Waals surface area contributed by atoms with E-state index in [1.54, 1.807) is 13.8 Å². The Morgan fingerprint density at radius 3 is 2.42 bits per heavy atom. The average molecular weight is 193 g/mol. The molecule has 0 heterocycles. The monoisotopic (exact) mass is 192 g/mol. The summed E-state index contributed by atoms with van der Waals surface area (Å²) in [6, 6.07) is 0. The van der Waals surface area contributed by atoms with Gasteiger partial charge in [0.2, 0.25) is 0 Å². The second-order valence-electron chi connectivity index (χ2n) is 3.62. The van der Waals surface area contributed by atoms with Crippen molar-refractivity contribution in [2.24, 2.45) is 17.3 Å². The van der Waals surface area contributed by atoms with Crippen LogP contribution in [0, 0.1) is 17.3 Å². The average Bonchev–Trinajstić information content (AvgIpc) is 2.32. The molecule has 1 N–H and O–H groups in total. The fourth-order valence-corrected chi connectivity index (χ4v) is 1.73. The van der Waals surface area contributed by atoms with Crippen molar-refractivity contribution < 1.29 is 14.3 Å². The number of hydrogen-bond acceptors (Lipinski definition) is 1. The van der Waals surface area contributed by atoms with E-state index in [-0.39, 0.29) is 11.3 Å². The number of rotatable bonds is 2. The van der Waals surface area contributed by atoms with E-state index in [2.05, 4.69) is 0 Å². The lowest BCUT2D eigenvalue weighted by Gasteiger charge is -1.95. The summed E-state index contributed by atoms with van der Waals surface area (Å²) in [5.74, 6) is -1.66. The number of aliphatic carboxylic acids is 1. The highest BCUT2D eigenvalue weighted by atomic mass is 35.5. The first-order valence-corrected chi connectivity index (χ1v) is 4.01. The van der Waals surface area contributed by atoms with Gasteiger partial charge in [-0.15, -0.1) is 0 Å². The van der Waals surface area contributed by atoms with Crippen LogP contribution in [-0.4, -0.2) is 11.1 Å². The fourth-order valence-electron chi connectivity index (χ4n) is 1.60. The van der Waals surface area contributed by atoms with Crippen molar-refractivity contribution in [2.45, 2.75) is 13.8 Å².